The van der Waals surface area contributed by atoms with E-state index in [4.69, 9.17) is 9.52 Å². The summed E-state index contributed by atoms with van der Waals surface area (Å²) in [5, 5.41) is 8.70. The third-order valence-corrected chi connectivity index (χ3v) is 2.12. The van der Waals surface area contributed by atoms with E-state index >= 15 is 0 Å². The minimum Gasteiger partial charge on any atom is -0.478 e. The average Bonchev–Trinajstić information content (AvgIpc) is 2.69. The number of furan rings is 1. The number of carbonyl (C=O) groups is 1. The van der Waals surface area contributed by atoms with E-state index in [9.17, 15) is 4.79 Å². The Hall–Kier alpha value is -1.55. The molecule has 1 rings (SSSR count). The third kappa shape index (κ3) is 3.59. The zero-order valence-corrected chi connectivity index (χ0v) is 8.77. The molecule has 0 aliphatic rings. The van der Waals surface area contributed by atoms with Gasteiger partial charge in [-0.05, 0) is 18.7 Å². The largest absolute Gasteiger partial charge is 0.478 e. The predicted molar refractivity (Wildman–Crippen MR) is 56.4 cm³/mol. The lowest BCUT2D eigenvalue weighted by atomic mass is 10.2. The molecule has 0 bridgehead atoms. The standard InChI is InChI=1S/C11H15NO3/c1-3-12(7-9(2)11(13)14)8-10-5-4-6-15-10/h4-6H,2-3,7-8H2,1H3,(H,13,14). The Bertz CT molecular complexity index is 330. The van der Waals surface area contributed by atoms with Crippen molar-refractivity contribution in [2.75, 3.05) is 13.1 Å². The van der Waals surface area contributed by atoms with Gasteiger partial charge >= 0.3 is 5.97 Å². The first-order valence-electron chi connectivity index (χ1n) is 4.79. The summed E-state index contributed by atoms with van der Waals surface area (Å²) in [5.74, 6) is -0.122. The van der Waals surface area contributed by atoms with Crippen LogP contribution in [-0.2, 0) is 11.3 Å². The van der Waals surface area contributed by atoms with Gasteiger partial charge in [-0.3, -0.25) is 4.90 Å². The summed E-state index contributed by atoms with van der Waals surface area (Å²) in [6, 6.07) is 3.68. The highest BCUT2D eigenvalue weighted by atomic mass is 16.4. The fourth-order valence-electron chi connectivity index (χ4n) is 1.24. The van der Waals surface area contributed by atoms with Gasteiger partial charge in [0.25, 0.3) is 0 Å². The van der Waals surface area contributed by atoms with Crippen molar-refractivity contribution in [1.82, 2.24) is 4.90 Å². The number of carboxylic acid groups (broad SMARTS) is 1. The molecule has 0 aromatic carbocycles. The highest BCUT2D eigenvalue weighted by molar-refractivity contribution is 5.86. The molecule has 0 radical (unpaired) electrons. The average molecular weight is 209 g/mol. The predicted octanol–water partition coefficient (Wildman–Crippen LogP) is 1.74. The van der Waals surface area contributed by atoms with Crippen LogP contribution in [0.25, 0.3) is 0 Å². The normalized spacial score (nSPS) is 10.5. The monoisotopic (exact) mass is 209 g/mol. The second-order valence-electron chi connectivity index (χ2n) is 3.29. The number of hydrogen-bond donors (Lipinski definition) is 1. The number of aliphatic carboxylic acids is 1. The van der Waals surface area contributed by atoms with E-state index < -0.39 is 5.97 Å². The zero-order valence-electron chi connectivity index (χ0n) is 8.77. The van der Waals surface area contributed by atoms with E-state index in [-0.39, 0.29) is 5.57 Å². The van der Waals surface area contributed by atoms with Gasteiger partial charge < -0.3 is 9.52 Å². The molecule has 0 aliphatic carbocycles. The van der Waals surface area contributed by atoms with Crippen LogP contribution in [0.2, 0.25) is 0 Å². The number of rotatable bonds is 6. The fraction of sp³-hybridized carbons (Fsp3) is 0.364. The Morgan fingerprint density at radius 1 is 1.67 bits per heavy atom. The molecule has 1 heterocycles. The van der Waals surface area contributed by atoms with Gasteiger partial charge in [0.1, 0.15) is 5.76 Å². The molecule has 4 nitrogen and oxygen atoms in total. The van der Waals surface area contributed by atoms with Crippen molar-refractivity contribution in [1.29, 1.82) is 0 Å². The summed E-state index contributed by atoms with van der Waals surface area (Å²) in [7, 11) is 0. The summed E-state index contributed by atoms with van der Waals surface area (Å²) in [5.41, 5.74) is 0.198. The fourth-order valence-corrected chi connectivity index (χ4v) is 1.24. The van der Waals surface area contributed by atoms with Crippen LogP contribution < -0.4 is 0 Å². The Balaban J connectivity index is 2.50. The summed E-state index contributed by atoms with van der Waals surface area (Å²) < 4.78 is 5.19. The van der Waals surface area contributed by atoms with Crippen molar-refractivity contribution in [2.24, 2.45) is 0 Å². The Morgan fingerprint density at radius 3 is 2.87 bits per heavy atom. The first-order chi connectivity index (χ1) is 7.13. The zero-order chi connectivity index (χ0) is 11.3. The van der Waals surface area contributed by atoms with Crippen LogP contribution >= 0.6 is 0 Å². The highest BCUT2D eigenvalue weighted by Crippen LogP contribution is 2.06. The highest BCUT2D eigenvalue weighted by Gasteiger charge is 2.11. The molecule has 0 unspecified atom stereocenters. The van der Waals surface area contributed by atoms with Gasteiger partial charge in [0.05, 0.1) is 12.8 Å². The van der Waals surface area contributed by atoms with Gasteiger partial charge in [-0.15, -0.1) is 0 Å². The van der Waals surface area contributed by atoms with Crippen LogP contribution in [0.5, 0.6) is 0 Å². The van der Waals surface area contributed by atoms with Crippen LogP contribution in [-0.4, -0.2) is 29.1 Å². The summed E-state index contributed by atoms with van der Waals surface area (Å²) in [6.07, 6.45) is 1.61. The topological polar surface area (TPSA) is 53.7 Å². The van der Waals surface area contributed by atoms with Crippen molar-refractivity contribution in [3.8, 4) is 0 Å². The van der Waals surface area contributed by atoms with Gasteiger partial charge in [-0.1, -0.05) is 13.5 Å². The van der Waals surface area contributed by atoms with Crippen molar-refractivity contribution in [3.63, 3.8) is 0 Å². The van der Waals surface area contributed by atoms with Gasteiger partial charge in [-0.25, -0.2) is 4.79 Å². The molecule has 0 fully saturated rings. The van der Waals surface area contributed by atoms with Crippen molar-refractivity contribution >= 4 is 5.97 Å². The Morgan fingerprint density at radius 2 is 2.40 bits per heavy atom. The molecular weight excluding hydrogens is 194 g/mol. The number of likely N-dealkylation sites (N-methyl/N-ethyl adjacent to an activating group) is 1. The molecule has 0 spiro atoms. The van der Waals surface area contributed by atoms with Gasteiger partial charge in [-0.2, -0.15) is 0 Å². The molecule has 1 N–H and O–H groups in total. The first kappa shape index (κ1) is 11.5. The lowest BCUT2D eigenvalue weighted by Gasteiger charge is -2.18. The molecule has 0 amide bonds. The first-order valence-corrected chi connectivity index (χ1v) is 4.79. The van der Waals surface area contributed by atoms with Gasteiger partial charge in [0.2, 0.25) is 0 Å². The summed E-state index contributed by atoms with van der Waals surface area (Å²) in [6.45, 7) is 7.19. The molecule has 82 valence electrons. The molecular formula is C11H15NO3. The molecule has 15 heavy (non-hydrogen) atoms. The maximum absolute atomic E-state index is 10.6. The van der Waals surface area contributed by atoms with Crippen molar-refractivity contribution < 1.29 is 14.3 Å². The molecule has 1 aromatic heterocycles. The van der Waals surface area contributed by atoms with Crippen LogP contribution in [0.3, 0.4) is 0 Å². The lowest BCUT2D eigenvalue weighted by molar-refractivity contribution is -0.132. The van der Waals surface area contributed by atoms with Crippen LogP contribution in [0, 0.1) is 0 Å². The van der Waals surface area contributed by atoms with Crippen LogP contribution in [0.1, 0.15) is 12.7 Å². The molecule has 1 aromatic rings. The summed E-state index contributed by atoms with van der Waals surface area (Å²) in [4.78, 5) is 12.6. The van der Waals surface area contributed by atoms with E-state index in [1.165, 1.54) is 0 Å². The van der Waals surface area contributed by atoms with E-state index in [2.05, 4.69) is 6.58 Å². The maximum Gasteiger partial charge on any atom is 0.332 e. The van der Waals surface area contributed by atoms with Crippen molar-refractivity contribution in [3.05, 3.63) is 36.3 Å². The SMILES string of the molecule is C=C(CN(CC)Cc1ccco1)C(=O)O. The summed E-state index contributed by atoms with van der Waals surface area (Å²) >= 11 is 0. The minimum atomic E-state index is -0.951. The second kappa shape index (κ2) is 5.36. The second-order valence-corrected chi connectivity index (χ2v) is 3.29. The minimum absolute atomic E-state index is 0.198. The van der Waals surface area contributed by atoms with E-state index in [0.717, 1.165) is 12.3 Å². The van der Waals surface area contributed by atoms with E-state index in [1.54, 1.807) is 6.26 Å². The molecule has 0 aliphatic heterocycles. The third-order valence-electron chi connectivity index (χ3n) is 2.12. The molecule has 4 heteroatoms. The number of nitrogens with zero attached hydrogens (tertiary/aromatic N) is 1. The quantitative estimate of drug-likeness (QED) is 0.725. The molecule has 0 atom stereocenters. The van der Waals surface area contributed by atoms with Crippen LogP contribution in [0.15, 0.2) is 35.0 Å². The maximum atomic E-state index is 10.6. The van der Waals surface area contributed by atoms with Crippen molar-refractivity contribution in [2.45, 2.75) is 13.5 Å². The van der Waals surface area contributed by atoms with E-state index in [0.29, 0.717) is 13.1 Å². The molecule has 0 saturated heterocycles. The van der Waals surface area contributed by atoms with E-state index in [1.807, 2.05) is 24.0 Å². The number of carboxylic acids is 1. The van der Waals surface area contributed by atoms with Crippen LogP contribution in [0.4, 0.5) is 0 Å². The Labute approximate surface area is 88.8 Å². The van der Waals surface area contributed by atoms with Gasteiger partial charge in [0.15, 0.2) is 0 Å². The Kier molecular flexibility index (Phi) is 4.12. The molecule has 0 saturated carbocycles. The van der Waals surface area contributed by atoms with Gasteiger partial charge in [0, 0.05) is 12.1 Å². The lowest BCUT2D eigenvalue weighted by Crippen LogP contribution is -2.27. The number of hydrogen-bond acceptors (Lipinski definition) is 3. The smallest absolute Gasteiger partial charge is 0.332 e.